The molecule has 88 valence electrons. The minimum atomic E-state index is -0.321. The standard InChI is InChI=1S/C14H15NO2/c1-15(14(16)17-2)10-11-7-8-12-5-3-4-6-13(12)9-11/h3-9H,10H2,1-2H3. The highest BCUT2D eigenvalue weighted by Crippen LogP contribution is 2.16. The number of carbonyl (C=O) groups excluding carboxylic acids is 1. The van der Waals surface area contributed by atoms with E-state index in [-0.39, 0.29) is 6.09 Å². The Hall–Kier alpha value is -2.03. The van der Waals surface area contributed by atoms with Crippen LogP contribution in [0.2, 0.25) is 0 Å². The van der Waals surface area contributed by atoms with Crippen LogP contribution in [0.25, 0.3) is 10.8 Å². The number of benzene rings is 2. The molecule has 0 bridgehead atoms. The molecule has 0 saturated carbocycles. The van der Waals surface area contributed by atoms with Crippen molar-refractivity contribution < 1.29 is 9.53 Å². The Morgan fingerprint density at radius 2 is 1.88 bits per heavy atom. The summed E-state index contributed by atoms with van der Waals surface area (Å²) >= 11 is 0. The lowest BCUT2D eigenvalue weighted by atomic mass is 10.1. The van der Waals surface area contributed by atoms with E-state index in [9.17, 15) is 4.79 Å². The van der Waals surface area contributed by atoms with Crippen LogP contribution in [-0.2, 0) is 11.3 Å². The van der Waals surface area contributed by atoms with E-state index in [1.54, 1.807) is 11.9 Å². The van der Waals surface area contributed by atoms with Crippen LogP contribution in [0.3, 0.4) is 0 Å². The maximum absolute atomic E-state index is 11.3. The third-order valence-electron chi connectivity index (χ3n) is 2.72. The fourth-order valence-electron chi connectivity index (χ4n) is 1.83. The van der Waals surface area contributed by atoms with Crippen LogP contribution in [0, 0.1) is 0 Å². The molecule has 0 aliphatic carbocycles. The SMILES string of the molecule is COC(=O)N(C)Cc1ccc2ccccc2c1. The average Bonchev–Trinajstić information content (AvgIpc) is 2.37. The summed E-state index contributed by atoms with van der Waals surface area (Å²) in [6, 6.07) is 14.4. The number of carbonyl (C=O) groups is 1. The van der Waals surface area contributed by atoms with Crippen LogP contribution in [-0.4, -0.2) is 25.2 Å². The van der Waals surface area contributed by atoms with Crippen molar-refractivity contribution in [3.63, 3.8) is 0 Å². The first-order valence-corrected chi connectivity index (χ1v) is 5.47. The van der Waals surface area contributed by atoms with Gasteiger partial charge in [0.15, 0.2) is 0 Å². The summed E-state index contributed by atoms with van der Waals surface area (Å²) in [5.41, 5.74) is 1.09. The van der Waals surface area contributed by atoms with Crippen molar-refractivity contribution in [3.05, 3.63) is 48.0 Å². The van der Waals surface area contributed by atoms with E-state index < -0.39 is 0 Å². The minimum Gasteiger partial charge on any atom is -0.453 e. The van der Waals surface area contributed by atoms with Gasteiger partial charge in [-0.3, -0.25) is 0 Å². The van der Waals surface area contributed by atoms with Crippen LogP contribution in [0.4, 0.5) is 4.79 Å². The number of fused-ring (bicyclic) bond motifs is 1. The van der Waals surface area contributed by atoms with Crippen LogP contribution < -0.4 is 0 Å². The van der Waals surface area contributed by atoms with Gasteiger partial charge in [0.05, 0.1) is 7.11 Å². The lowest BCUT2D eigenvalue weighted by molar-refractivity contribution is 0.131. The van der Waals surface area contributed by atoms with Gasteiger partial charge in [0.1, 0.15) is 0 Å². The molecule has 0 aliphatic rings. The predicted octanol–water partition coefficient (Wildman–Crippen LogP) is 3.04. The van der Waals surface area contributed by atoms with Crippen molar-refractivity contribution in [2.75, 3.05) is 14.2 Å². The number of rotatable bonds is 2. The summed E-state index contributed by atoms with van der Waals surface area (Å²) in [6.45, 7) is 0.553. The third-order valence-corrected chi connectivity index (χ3v) is 2.72. The lowest BCUT2D eigenvalue weighted by Gasteiger charge is -2.15. The summed E-state index contributed by atoms with van der Waals surface area (Å²) in [7, 11) is 3.11. The van der Waals surface area contributed by atoms with Crippen molar-refractivity contribution in [1.82, 2.24) is 4.90 Å². The molecule has 0 heterocycles. The van der Waals surface area contributed by atoms with E-state index >= 15 is 0 Å². The van der Waals surface area contributed by atoms with Crippen LogP contribution in [0.15, 0.2) is 42.5 Å². The van der Waals surface area contributed by atoms with Gasteiger partial charge in [-0.2, -0.15) is 0 Å². The molecule has 0 N–H and O–H groups in total. The van der Waals surface area contributed by atoms with Gasteiger partial charge in [0.2, 0.25) is 0 Å². The molecule has 2 rings (SSSR count). The lowest BCUT2D eigenvalue weighted by Crippen LogP contribution is -2.25. The van der Waals surface area contributed by atoms with Gasteiger partial charge in [-0.1, -0.05) is 36.4 Å². The number of nitrogens with zero attached hydrogens (tertiary/aromatic N) is 1. The molecule has 0 atom stereocenters. The summed E-state index contributed by atoms with van der Waals surface area (Å²) < 4.78 is 4.66. The number of hydrogen-bond donors (Lipinski definition) is 0. The molecule has 0 spiro atoms. The zero-order valence-corrected chi connectivity index (χ0v) is 10.0. The maximum atomic E-state index is 11.3. The average molecular weight is 229 g/mol. The molecule has 0 unspecified atom stereocenters. The Morgan fingerprint density at radius 3 is 2.59 bits per heavy atom. The summed E-state index contributed by atoms with van der Waals surface area (Å²) in [6.07, 6.45) is -0.321. The zero-order valence-electron chi connectivity index (χ0n) is 10.0. The molecule has 0 saturated heterocycles. The third kappa shape index (κ3) is 2.56. The molecular formula is C14H15NO2. The summed E-state index contributed by atoms with van der Waals surface area (Å²) in [5.74, 6) is 0. The van der Waals surface area contributed by atoms with Crippen LogP contribution in [0.1, 0.15) is 5.56 Å². The Kier molecular flexibility index (Phi) is 3.28. The largest absolute Gasteiger partial charge is 0.453 e. The first kappa shape index (κ1) is 11.5. The fraction of sp³-hybridized carbons (Fsp3) is 0.214. The normalized spacial score (nSPS) is 10.2. The van der Waals surface area contributed by atoms with E-state index in [1.807, 2.05) is 18.2 Å². The van der Waals surface area contributed by atoms with Gasteiger partial charge in [0.25, 0.3) is 0 Å². The Bertz CT molecular complexity index is 536. The van der Waals surface area contributed by atoms with Crippen molar-refractivity contribution in [3.8, 4) is 0 Å². The van der Waals surface area contributed by atoms with Crippen LogP contribution in [0.5, 0.6) is 0 Å². The zero-order chi connectivity index (χ0) is 12.3. The summed E-state index contributed by atoms with van der Waals surface area (Å²) in [4.78, 5) is 12.8. The first-order valence-electron chi connectivity index (χ1n) is 5.47. The molecule has 0 radical (unpaired) electrons. The van der Waals surface area contributed by atoms with Crippen molar-refractivity contribution >= 4 is 16.9 Å². The van der Waals surface area contributed by atoms with Crippen molar-refractivity contribution in [2.45, 2.75) is 6.54 Å². The molecular weight excluding hydrogens is 214 g/mol. The molecule has 0 fully saturated rings. The number of hydrogen-bond acceptors (Lipinski definition) is 2. The topological polar surface area (TPSA) is 29.5 Å². The maximum Gasteiger partial charge on any atom is 0.409 e. The second-order valence-electron chi connectivity index (χ2n) is 4.01. The first-order chi connectivity index (χ1) is 8.20. The molecule has 3 nitrogen and oxygen atoms in total. The van der Waals surface area contributed by atoms with Crippen LogP contribution >= 0.6 is 0 Å². The van der Waals surface area contributed by atoms with Gasteiger partial charge < -0.3 is 9.64 Å². The van der Waals surface area contributed by atoms with Gasteiger partial charge in [-0.25, -0.2) is 4.79 Å². The molecule has 2 aromatic rings. The highest BCUT2D eigenvalue weighted by Gasteiger charge is 2.08. The molecule has 0 aliphatic heterocycles. The van der Waals surface area contributed by atoms with Crippen molar-refractivity contribution in [1.29, 1.82) is 0 Å². The molecule has 17 heavy (non-hydrogen) atoms. The highest BCUT2D eigenvalue weighted by atomic mass is 16.5. The molecule has 3 heteroatoms. The fourth-order valence-corrected chi connectivity index (χ4v) is 1.83. The minimum absolute atomic E-state index is 0.321. The van der Waals surface area contributed by atoms with Gasteiger partial charge >= 0.3 is 6.09 Å². The number of amides is 1. The van der Waals surface area contributed by atoms with E-state index in [4.69, 9.17) is 0 Å². The smallest absolute Gasteiger partial charge is 0.409 e. The van der Waals surface area contributed by atoms with Crippen molar-refractivity contribution in [2.24, 2.45) is 0 Å². The second kappa shape index (κ2) is 4.87. The van der Waals surface area contributed by atoms with Gasteiger partial charge in [-0.05, 0) is 22.4 Å². The Morgan fingerprint density at radius 1 is 1.18 bits per heavy atom. The van der Waals surface area contributed by atoms with E-state index in [1.165, 1.54) is 17.9 Å². The number of methoxy groups -OCH3 is 1. The monoisotopic (exact) mass is 229 g/mol. The van der Waals surface area contributed by atoms with E-state index in [0.29, 0.717) is 6.54 Å². The van der Waals surface area contributed by atoms with E-state index in [2.05, 4.69) is 29.0 Å². The number of ether oxygens (including phenoxy) is 1. The molecule has 1 amide bonds. The van der Waals surface area contributed by atoms with Gasteiger partial charge in [-0.15, -0.1) is 0 Å². The highest BCUT2D eigenvalue weighted by molar-refractivity contribution is 5.83. The quantitative estimate of drug-likeness (QED) is 0.792. The van der Waals surface area contributed by atoms with E-state index in [0.717, 1.165) is 5.56 Å². The molecule has 0 aromatic heterocycles. The Labute approximate surface area is 101 Å². The molecule has 2 aromatic carbocycles. The van der Waals surface area contributed by atoms with Gasteiger partial charge in [0, 0.05) is 13.6 Å². The predicted molar refractivity (Wildman–Crippen MR) is 67.8 cm³/mol. The summed E-state index contributed by atoms with van der Waals surface area (Å²) in [5, 5.41) is 2.39. The second-order valence-corrected chi connectivity index (χ2v) is 4.01. The Balaban J connectivity index is 2.22.